The second kappa shape index (κ2) is 4.26. The van der Waals surface area contributed by atoms with Crippen molar-refractivity contribution in [2.75, 3.05) is 0 Å². The standard InChI is InChI=1S/C13H8Cl2O2S/c14-7-4-9-8(10(15)5-7)2-1-6-3-11(13(16)17)18-12(6)9/h3-5H,1-2H2,(H,16,17). The average molecular weight is 299 g/mol. The summed E-state index contributed by atoms with van der Waals surface area (Å²) in [4.78, 5) is 12.4. The molecule has 0 saturated heterocycles. The van der Waals surface area contributed by atoms with E-state index in [1.54, 1.807) is 12.1 Å². The zero-order valence-corrected chi connectivity index (χ0v) is 11.5. The first-order valence-electron chi connectivity index (χ1n) is 5.40. The van der Waals surface area contributed by atoms with Crippen LogP contribution in [0.4, 0.5) is 0 Å². The van der Waals surface area contributed by atoms with Gasteiger partial charge in [0.15, 0.2) is 0 Å². The van der Waals surface area contributed by atoms with Crippen LogP contribution in [0, 0.1) is 0 Å². The molecule has 0 aliphatic heterocycles. The highest BCUT2D eigenvalue weighted by atomic mass is 35.5. The Morgan fingerprint density at radius 2 is 2.00 bits per heavy atom. The lowest BCUT2D eigenvalue weighted by molar-refractivity contribution is 0.0702. The van der Waals surface area contributed by atoms with Crippen molar-refractivity contribution >= 4 is 40.5 Å². The van der Waals surface area contributed by atoms with Crippen molar-refractivity contribution in [2.24, 2.45) is 0 Å². The highest BCUT2D eigenvalue weighted by Crippen LogP contribution is 2.43. The monoisotopic (exact) mass is 298 g/mol. The van der Waals surface area contributed by atoms with Gasteiger partial charge >= 0.3 is 5.97 Å². The van der Waals surface area contributed by atoms with E-state index in [1.165, 1.54) is 11.3 Å². The molecule has 1 aliphatic carbocycles. The summed E-state index contributed by atoms with van der Waals surface area (Å²) in [5.41, 5.74) is 3.11. The van der Waals surface area contributed by atoms with Crippen LogP contribution in [0.1, 0.15) is 20.8 Å². The van der Waals surface area contributed by atoms with Crippen LogP contribution in [-0.2, 0) is 12.8 Å². The van der Waals surface area contributed by atoms with Gasteiger partial charge in [-0.1, -0.05) is 23.2 Å². The number of carboxylic acid groups (broad SMARTS) is 1. The third kappa shape index (κ3) is 1.83. The first-order valence-corrected chi connectivity index (χ1v) is 6.98. The minimum Gasteiger partial charge on any atom is -0.477 e. The lowest BCUT2D eigenvalue weighted by atomic mass is 9.91. The molecule has 0 bridgehead atoms. The van der Waals surface area contributed by atoms with Crippen LogP contribution in [-0.4, -0.2) is 11.1 Å². The Hall–Kier alpha value is -1.03. The molecule has 0 radical (unpaired) electrons. The van der Waals surface area contributed by atoms with E-state index in [2.05, 4.69) is 0 Å². The Morgan fingerprint density at radius 3 is 2.72 bits per heavy atom. The zero-order chi connectivity index (χ0) is 12.9. The largest absolute Gasteiger partial charge is 0.477 e. The Balaban J connectivity index is 2.24. The zero-order valence-electron chi connectivity index (χ0n) is 9.17. The quantitative estimate of drug-likeness (QED) is 0.840. The number of thiophene rings is 1. The number of benzene rings is 1. The van der Waals surface area contributed by atoms with Crippen molar-refractivity contribution in [3.63, 3.8) is 0 Å². The molecule has 18 heavy (non-hydrogen) atoms. The molecule has 2 nitrogen and oxygen atoms in total. The second-order valence-electron chi connectivity index (χ2n) is 4.18. The number of aryl methyl sites for hydroxylation is 1. The summed E-state index contributed by atoms with van der Waals surface area (Å²) in [5.74, 6) is -0.885. The van der Waals surface area contributed by atoms with Crippen LogP contribution in [0.25, 0.3) is 10.4 Å². The molecule has 0 spiro atoms. The van der Waals surface area contributed by atoms with Crippen LogP contribution in [0.15, 0.2) is 18.2 Å². The highest BCUT2D eigenvalue weighted by Gasteiger charge is 2.23. The van der Waals surface area contributed by atoms with E-state index in [0.29, 0.717) is 14.9 Å². The molecule has 1 aromatic carbocycles. The van der Waals surface area contributed by atoms with E-state index in [0.717, 1.165) is 34.4 Å². The SMILES string of the molecule is O=C(O)c1cc2c(s1)-c1cc(Cl)cc(Cl)c1CC2. The van der Waals surface area contributed by atoms with Crippen LogP contribution in [0.3, 0.4) is 0 Å². The third-order valence-electron chi connectivity index (χ3n) is 3.07. The maximum Gasteiger partial charge on any atom is 0.345 e. The van der Waals surface area contributed by atoms with E-state index in [-0.39, 0.29) is 0 Å². The van der Waals surface area contributed by atoms with Gasteiger partial charge in [0.2, 0.25) is 0 Å². The Morgan fingerprint density at radius 1 is 1.22 bits per heavy atom. The van der Waals surface area contributed by atoms with Gasteiger partial charge in [-0.3, -0.25) is 0 Å². The molecular weight excluding hydrogens is 291 g/mol. The van der Waals surface area contributed by atoms with Gasteiger partial charge in [0.1, 0.15) is 4.88 Å². The van der Waals surface area contributed by atoms with Gasteiger partial charge in [0, 0.05) is 14.9 Å². The van der Waals surface area contributed by atoms with Crippen LogP contribution in [0.2, 0.25) is 10.0 Å². The van der Waals surface area contributed by atoms with Gasteiger partial charge in [0.25, 0.3) is 0 Å². The topological polar surface area (TPSA) is 37.3 Å². The molecule has 5 heteroatoms. The second-order valence-corrected chi connectivity index (χ2v) is 6.08. The van der Waals surface area contributed by atoms with Crippen LogP contribution < -0.4 is 0 Å². The number of fused-ring (bicyclic) bond motifs is 3. The summed E-state index contributed by atoms with van der Waals surface area (Å²) in [6.07, 6.45) is 1.65. The van der Waals surface area contributed by atoms with Crippen molar-refractivity contribution < 1.29 is 9.90 Å². The molecule has 0 atom stereocenters. The molecule has 1 N–H and O–H groups in total. The Bertz CT molecular complexity index is 661. The van der Waals surface area contributed by atoms with Crippen molar-refractivity contribution in [1.29, 1.82) is 0 Å². The maximum absolute atomic E-state index is 11.0. The third-order valence-corrected chi connectivity index (χ3v) is 4.82. The van der Waals surface area contributed by atoms with Gasteiger partial charge < -0.3 is 5.11 Å². The van der Waals surface area contributed by atoms with E-state index >= 15 is 0 Å². The van der Waals surface area contributed by atoms with Gasteiger partial charge in [-0.2, -0.15) is 0 Å². The van der Waals surface area contributed by atoms with Crippen LogP contribution in [0.5, 0.6) is 0 Å². The van der Waals surface area contributed by atoms with E-state index in [1.807, 2.05) is 6.07 Å². The normalized spacial score (nSPS) is 13.0. The smallest absolute Gasteiger partial charge is 0.345 e. The molecule has 1 aromatic heterocycles. The number of hydrogen-bond donors (Lipinski definition) is 1. The lowest BCUT2D eigenvalue weighted by Crippen LogP contribution is -2.01. The first kappa shape index (κ1) is 12.0. The summed E-state index contributed by atoms with van der Waals surface area (Å²) in [5, 5.41) is 10.3. The number of halogens is 2. The number of carbonyl (C=O) groups is 1. The molecule has 2 aromatic rings. The number of carboxylic acids is 1. The molecule has 1 heterocycles. The fourth-order valence-corrected chi connectivity index (χ4v) is 3.95. The summed E-state index contributed by atoms with van der Waals surface area (Å²) < 4.78 is 0. The van der Waals surface area contributed by atoms with Crippen molar-refractivity contribution in [3.05, 3.63) is 44.2 Å². The van der Waals surface area contributed by atoms with E-state index in [4.69, 9.17) is 28.3 Å². The first-order chi connectivity index (χ1) is 8.56. The maximum atomic E-state index is 11.0. The van der Waals surface area contributed by atoms with Gasteiger partial charge in [-0.05, 0) is 47.7 Å². The fourth-order valence-electron chi connectivity index (χ4n) is 2.27. The number of rotatable bonds is 1. The minimum atomic E-state index is -0.885. The molecule has 3 rings (SSSR count). The van der Waals surface area contributed by atoms with Gasteiger partial charge in [0.05, 0.1) is 0 Å². The van der Waals surface area contributed by atoms with E-state index < -0.39 is 5.97 Å². The highest BCUT2D eigenvalue weighted by molar-refractivity contribution is 7.17. The number of aromatic carboxylic acids is 1. The Labute approximate surface area is 118 Å². The fraction of sp³-hybridized carbons (Fsp3) is 0.154. The molecular formula is C13H8Cl2O2S. The molecule has 0 amide bonds. The molecule has 1 aliphatic rings. The predicted octanol–water partition coefficient (Wildman–Crippen LogP) is 4.52. The molecule has 0 saturated carbocycles. The summed E-state index contributed by atoms with van der Waals surface area (Å²) >= 11 is 13.5. The average Bonchev–Trinajstić information content (AvgIpc) is 2.72. The summed E-state index contributed by atoms with van der Waals surface area (Å²) in [6.45, 7) is 0. The lowest BCUT2D eigenvalue weighted by Gasteiger charge is -2.17. The van der Waals surface area contributed by atoms with Crippen molar-refractivity contribution in [2.45, 2.75) is 12.8 Å². The molecule has 0 unspecified atom stereocenters. The predicted molar refractivity (Wildman–Crippen MR) is 74.1 cm³/mol. The van der Waals surface area contributed by atoms with Crippen molar-refractivity contribution in [3.8, 4) is 10.4 Å². The molecule has 92 valence electrons. The van der Waals surface area contributed by atoms with Gasteiger partial charge in [-0.15, -0.1) is 11.3 Å². The summed E-state index contributed by atoms with van der Waals surface area (Å²) in [6, 6.07) is 5.35. The summed E-state index contributed by atoms with van der Waals surface area (Å²) in [7, 11) is 0. The van der Waals surface area contributed by atoms with Crippen molar-refractivity contribution in [1.82, 2.24) is 0 Å². The Kier molecular flexibility index (Phi) is 2.85. The minimum absolute atomic E-state index is 0.365. The molecule has 0 fully saturated rings. The number of hydrogen-bond acceptors (Lipinski definition) is 2. The van der Waals surface area contributed by atoms with Crippen LogP contribution >= 0.6 is 34.5 Å². The van der Waals surface area contributed by atoms with E-state index in [9.17, 15) is 4.79 Å². The van der Waals surface area contributed by atoms with Gasteiger partial charge in [-0.25, -0.2) is 4.79 Å².